The first-order valence-corrected chi connectivity index (χ1v) is 8.16. The van der Waals surface area contributed by atoms with Crippen LogP contribution in [0.3, 0.4) is 0 Å². The average molecular weight is 293 g/mol. The molecule has 0 amide bonds. The Balaban J connectivity index is 1.56. The van der Waals surface area contributed by atoms with Crippen LogP contribution in [0, 0.1) is 5.92 Å². The lowest BCUT2D eigenvalue weighted by Gasteiger charge is -2.35. The first-order chi connectivity index (χ1) is 10.2. The Labute approximate surface area is 126 Å². The lowest BCUT2D eigenvalue weighted by Crippen LogP contribution is -2.40. The van der Waals surface area contributed by atoms with E-state index in [-0.39, 0.29) is 0 Å². The van der Waals surface area contributed by atoms with E-state index in [1.165, 1.54) is 45.4 Å². The molecule has 0 aromatic carbocycles. The second-order valence-corrected chi connectivity index (χ2v) is 6.62. The fraction of sp³-hybridized carbons (Fsp3) is 0.867. The van der Waals surface area contributed by atoms with Crippen LogP contribution in [0.1, 0.15) is 37.5 Å². The minimum absolute atomic E-state index is 0.404. The number of aromatic nitrogens is 2. The molecule has 3 rings (SSSR count). The maximum absolute atomic E-state index is 5.46. The first kappa shape index (κ1) is 14.8. The van der Waals surface area contributed by atoms with E-state index in [0.717, 1.165) is 24.8 Å². The zero-order valence-corrected chi connectivity index (χ0v) is 13.2. The van der Waals surface area contributed by atoms with Gasteiger partial charge in [0, 0.05) is 27.2 Å². The standard InChI is InChI=1S/C15H27N5O/c1-19(2)15-17-14(21-18-15)13-4-3-9-20(11-13)10-12-5-7-16-8-6-12/h12-13,16H,3-11H2,1-2H3. The largest absolute Gasteiger partial charge is 0.344 e. The molecular formula is C15H27N5O. The summed E-state index contributed by atoms with van der Waals surface area (Å²) in [5, 5.41) is 7.49. The Kier molecular flexibility index (Phi) is 4.75. The smallest absolute Gasteiger partial charge is 0.265 e. The first-order valence-electron chi connectivity index (χ1n) is 8.16. The molecule has 1 unspecified atom stereocenters. The molecule has 2 aliphatic heterocycles. The lowest BCUT2D eigenvalue weighted by molar-refractivity contribution is 0.151. The van der Waals surface area contributed by atoms with Crippen molar-refractivity contribution in [3.63, 3.8) is 0 Å². The SMILES string of the molecule is CN(C)c1noc(C2CCCN(CC3CCNCC3)C2)n1. The molecule has 118 valence electrons. The molecule has 0 bridgehead atoms. The number of hydrogen-bond donors (Lipinski definition) is 1. The number of anilines is 1. The van der Waals surface area contributed by atoms with Gasteiger partial charge in [0.1, 0.15) is 0 Å². The van der Waals surface area contributed by atoms with Gasteiger partial charge in [-0.25, -0.2) is 0 Å². The van der Waals surface area contributed by atoms with Gasteiger partial charge in [0.05, 0.1) is 5.92 Å². The summed E-state index contributed by atoms with van der Waals surface area (Å²) < 4.78 is 5.46. The van der Waals surface area contributed by atoms with E-state index in [9.17, 15) is 0 Å². The number of hydrogen-bond acceptors (Lipinski definition) is 6. The number of likely N-dealkylation sites (tertiary alicyclic amines) is 1. The van der Waals surface area contributed by atoms with Crippen LogP contribution in [-0.4, -0.2) is 61.9 Å². The fourth-order valence-corrected chi connectivity index (χ4v) is 3.43. The summed E-state index contributed by atoms with van der Waals surface area (Å²) in [6.07, 6.45) is 5.02. The molecule has 6 nitrogen and oxygen atoms in total. The summed E-state index contributed by atoms with van der Waals surface area (Å²) in [4.78, 5) is 9.02. The highest BCUT2D eigenvalue weighted by Gasteiger charge is 2.27. The van der Waals surface area contributed by atoms with Crippen LogP contribution in [0.5, 0.6) is 0 Å². The maximum Gasteiger partial charge on any atom is 0.265 e. The number of piperidine rings is 2. The average Bonchev–Trinajstić information content (AvgIpc) is 2.99. The van der Waals surface area contributed by atoms with Crippen molar-refractivity contribution < 1.29 is 4.52 Å². The zero-order valence-electron chi connectivity index (χ0n) is 13.2. The van der Waals surface area contributed by atoms with Gasteiger partial charge in [-0.2, -0.15) is 4.98 Å². The molecule has 21 heavy (non-hydrogen) atoms. The van der Waals surface area contributed by atoms with Crippen molar-refractivity contribution in [1.29, 1.82) is 0 Å². The van der Waals surface area contributed by atoms with Crippen LogP contribution < -0.4 is 10.2 Å². The molecule has 1 atom stereocenters. The van der Waals surface area contributed by atoms with Gasteiger partial charge in [-0.3, -0.25) is 0 Å². The molecule has 1 N–H and O–H groups in total. The molecule has 2 aliphatic rings. The number of nitrogens with one attached hydrogen (secondary N) is 1. The summed E-state index contributed by atoms with van der Waals surface area (Å²) in [7, 11) is 3.89. The van der Waals surface area contributed by atoms with Crippen molar-refractivity contribution in [1.82, 2.24) is 20.4 Å². The second kappa shape index (κ2) is 6.75. The van der Waals surface area contributed by atoms with Crippen molar-refractivity contribution in [2.45, 2.75) is 31.6 Å². The lowest BCUT2D eigenvalue weighted by atomic mass is 9.93. The van der Waals surface area contributed by atoms with Crippen LogP contribution in [0.15, 0.2) is 4.52 Å². The topological polar surface area (TPSA) is 57.4 Å². The summed E-state index contributed by atoms with van der Waals surface area (Å²) in [5.74, 6) is 2.75. The molecule has 2 fully saturated rings. The van der Waals surface area contributed by atoms with Gasteiger partial charge in [-0.1, -0.05) is 0 Å². The Bertz CT molecular complexity index is 441. The third kappa shape index (κ3) is 3.74. The van der Waals surface area contributed by atoms with Crippen molar-refractivity contribution in [3.05, 3.63) is 5.89 Å². The Morgan fingerprint density at radius 1 is 1.29 bits per heavy atom. The van der Waals surface area contributed by atoms with Crippen molar-refractivity contribution in [2.24, 2.45) is 5.92 Å². The third-order valence-electron chi connectivity index (χ3n) is 4.66. The molecule has 1 aromatic rings. The van der Waals surface area contributed by atoms with E-state index in [4.69, 9.17) is 4.52 Å². The Morgan fingerprint density at radius 2 is 2.10 bits per heavy atom. The van der Waals surface area contributed by atoms with Crippen LogP contribution in [-0.2, 0) is 0 Å². The van der Waals surface area contributed by atoms with Gasteiger partial charge in [-0.05, 0) is 56.4 Å². The minimum atomic E-state index is 0.404. The van der Waals surface area contributed by atoms with Gasteiger partial charge < -0.3 is 19.6 Å². The summed E-state index contributed by atoms with van der Waals surface area (Å²) in [6.45, 7) is 5.87. The fourth-order valence-electron chi connectivity index (χ4n) is 3.43. The van der Waals surface area contributed by atoms with E-state index in [2.05, 4.69) is 20.4 Å². The normalized spacial score (nSPS) is 25.1. The Morgan fingerprint density at radius 3 is 2.81 bits per heavy atom. The van der Waals surface area contributed by atoms with Gasteiger partial charge in [0.25, 0.3) is 5.95 Å². The molecule has 3 heterocycles. The monoisotopic (exact) mass is 293 g/mol. The second-order valence-electron chi connectivity index (χ2n) is 6.62. The minimum Gasteiger partial charge on any atom is -0.344 e. The van der Waals surface area contributed by atoms with E-state index in [0.29, 0.717) is 11.9 Å². The summed E-state index contributed by atoms with van der Waals surface area (Å²) >= 11 is 0. The number of nitrogens with zero attached hydrogens (tertiary/aromatic N) is 4. The van der Waals surface area contributed by atoms with Gasteiger partial charge in [0.2, 0.25) is 5.89 Å². The van der Waals surface area contributed by atoms with Gasteiger partial charge in [-0.15, -0.1) is 0 Å². The molecule has 0 saturated carbocycles. The molecule has 1 aromatic heterocycles. The van der Waals surface area contributed by atoms with Crippen LogP contribution in [0.25, 0.3) is 0 Å². The molecule has 6 heteroatoms. The van der Waals surface area contributed by atoms with E-state index < -0.39 is 0 Å². The maximum atomic E-state index is 5.46. The highest BCUT2D eigenvalue weighted by atomic mass is 16.5. The predicted molar refractivity (Wildman–Crippen MR) is 82.6 cm³/mol. The highest BCUT2D eigenvalue weighted by molar-refractivity contribution is 5.24. The molecular weight excluding hydrogens is 266 g/mol. The summed E-state index contributed by atoms with van der Waals surface area (Å²) in [6, 6.07) is 0. The number of rotatable bonds is 4. The van der Waals surface area contributed by atoms with Crippen LogP contribution in [0.2, 0.25) is 0 Å². The Hall–Kier alpha value is -1.14. The molecule has 0 spiro atoms. The predicted octanol–water partition coefficient (Wildman–Crippen LogP) is 1.31. The highest BCUT2D eigenvalue weighted by Crippen LogP contribution is 2.28. The third-order valence-corrected chi connectivity index (χ3v) is 4.66. The summed E-state index contributed by atoms with van der Waals surface area (Å²) in [5.41, 5.74) is 0. The van der Waals surface area contributed by atoms with Gasteiger partial charge >= 0.3 is 0 Å². The van der Waals surface area contributed by atoms with E-state index >= 15 is 0 Å². The van der Waals surface area contributed by atoms with Gasteiger partial charge in [0.15, 0.2) is 0 Å². The molecule has 0 radical (unpaired) electrons. The van der Waals surface area contributed by atoms with Crippen LogP contribution in [0.4, 0.5) is 5.95 Å². The van der Waals surface area contributed by atoms with Crippen molar-refractivity contribution in [2.75, 3.05) is 51.7 Å². The van der Waals surface area contributed by atoms with E-state index in [1.807, 2.05) is 19.0 Å². The van der Waals surface area contributed by atoms with Crippen LogP contribution >= 0.6 is 0 Å². The van der Waals surface area contributed by atoms with Crippen molar-refractivity contribution >= 4 is 5.95 Å². The zero-order chi connectivity index (χ0) is 14.7. The van der Waals surface area contributed by atoms with Crippen molar-refractivity contribution in [3.8, 4) is 0 Å². The molecule has 0 aliphatic carbocycles. The quantitative estimate of drug-likeness (QED) is 0.903. The van der Waals surface area contributed by atoms with E-state index in [1.54, 1.807) is 0 Å². The molecule has 2 saturated heterocycles.